The number of nitro benzene ring substituents is 1. The summed E-state index contributed by atoms with van der Waals surface area (Å²) in [6.07, 6.45) is 0. The predicted octanol–water partition coefficient (Wildman–Crippen LogP) is 4.79. The summed E-state index contributed by atoms with van der Waals surface area (Å²) in [5.41, 5.74) is 0.471. The number of halogens is 1. The molecular weight excluding hydrogens is 482 g/mol. The largest absolute Gasteiger partial charge is 0.492 e. The van der Waals surface area contributed by atoms with Crippen LogP contribution in [0.1, 0.15) is 12.5 Å². The van der Waals surface area contributed by atoms with Crippen molar-refractivity contribution in [1.82, 2.24) is 0 Å². The molecule has 0 heterocycles. The molecule has 3 aromatic rings. The number of carbonyl (C=O) groups is 1. The van der Waals surface area contributed by atoms with Gasteiger partial charge in [0.15, 0.2) is 0 Å². The minimum absolute atomic E-state index is 0.0671. The number of ether oxygens (including phenoxy) is 1. The number of carbonyl (C=O) groups excluding carboxylic acids is 1. The molecule has 0 radical (unpaired) electrons. The van der Waals surface area contributed by atoms with Crippen molar-refractivity contribution < 1.29 is 22.9 Å². The van der Waals surface area contributed by atoms with Crippen LogP contribution < -0.4 is 14.4 Å². The van der Waals surface area contributed by atoms with E-state index < -0.39 is 27.4 Å². The first kappa shape index (κ1) is 25.0. The Kier molecular flexibility index (Phi) is 7.75. The molecule has 11 heteroatoms. The second-order valence-corrected chi connectivity index (χ2v) is 9.42. The Hall–Kier alpha value is -3.63. The maximum Gasteiger partial charge on any atom is 0.274 e. The second-order valence-electron chi connectivity index (χ2n) is 7.12. The molecule has 0 spiro atoms. The third-order valence-electron chi connectivity index (χ3n) is 4.90. The molecule has 0 atom stereocenters. The summed E-state index contributed by atoms with van der Waals surface area (Å²) in [6.45, 7) is 2.94. The Morgan fingerprint density at radius 3 is 2.41 bits per heavy atom. The van der Waals surface area contributed by atoms with Gasteiger partial charge in [-0.25, -0.2) is 8.42 Å². The molecule has 0 aliphatic heterocycles. The van der Waals surface area contributed by atoms with Gasteiger partial charge in [0.2, 0.25) is 5.91 Å². The highest BCUT2D eigenvalue weighted by molar-refractivity contribution is 7.92. The highest BCUT2D eigenvalue weighted by Gasteiger charge is 2.30. The van der Waals surface area contributed by atoms with Crippen LogP contribution in [0, 0.1) is 17.0 Å². The number of amides is 1. The van der Waals surface area contributed by atoms with E-state index in [1.807, 2.05) is 0 Å². The molecule has 0 aromatic heterocycles. The number of nitrogens with one attached hydrogen (secondary N) is 1. The topological polar surface area (TPSA) is 119 Å². The summed E-state index contributed by atoms with van der Waals surface area (Å²) in [4.78, 5) is 23.6. The smallest absolute Gasteiger partial charge is 0.274 e. The van der Waals surface area contributed by atoms with E-state index in [2.05, 4.69) is 5.32 Å². The van der Waals surface area contributed by atoms with Crippen molar-refractivity contribution in [3.05, 3.63) is 87.4 Å². The monoisotopic (exact) mass is 503 g/mol. The standard InChI is InChI=1S/C23H22ClN3O6S/c1-3-33-22-10-5-4-8-21(22)26(34(31,32)18-13-11-17(24)12-14-18)15-23(28)25-19-7-6-9-20(16(19)2)27(29)30/h4-14H,3,15H2,1-2H3,(H,25,28). The average Bonchev–Trinajstić information content (AvgIpc) is 2.79. The first-order chi connectivity index (χ1) is 16.1. The van der Waals surface area contributed by atoms with Crippen LogP contribution in [0.5, 0.6) is 5.75 Å². The second kappa shape index (κ2) is 10.5. The van der Waals surface area contributed by atoms with Crippen LogP contribution in [0.3, 0.4) is 0 Å². The van der Waals surface area contributed by atoms with Gasteiger partial charge < -0.3 is 10.1 Å². The van der Waals surface area contributed by atoms with Gasteiger partial charge in [-0.1, -0.05) is 29.8 Å². The summed E-state index contributed by atoms with van der Waals surface area (Å²) < 4.78 is 33.6. The molecule has 178 valence electrons. The zero-order chi connectivity index (χ0) is 24.9. The van der Waals surface area contributed by atoms with Gasteiger partial charge in [-0.2, -0.15) is 0 Å². The number of para-hydroxylation sites is 2. The molecule has 0 fully saturated rings. The molecule has 0 unspecified atom stereocenters. The van der Waals surface area contributed by atoms with Crippen LogP contribution >= 0.6 is 11.6 Å². The van der Waals surface area contributed by atoms with Crippen molar-refractivity contribution in [3.8, 4) is 5.75 Å². The summed E-state index contributed by atoms with van der Waals surface area (Å²) in [5, 5.41) is 14.2. The van der Waals surface area contributed by atoms with Gasteiger partial charge in [0.1, 0.15) is 12.3 Å². The van der Waals surface area contributed by atoms with Gasteiger partial charge in [0, 0.05) is 11.1 Å². The zero-order valence-electron chi connectivity index (χ0n) is 18.4. The average molecular weight is 504 g/mol. The summed E-state index contributed by atoms with van der Waals surface area (Å²) in [7, 11) is -4.21. The van der Waals surface area contributed by atoms with Crippen LogP contribution in [0.4, 0.5) is 17.1 Å². The summed E-state index contributed by atoms with van der Waals surface area (Å²) >= 11 is 5.91. The fourth-order valence-corrected chi connectivity index (χ4v) is 4.81. The van der Waals surface area contributed by atoms with Crippen molar-refractivity contribution >= 4 is 44.6 Å². The minimum Gasteiger partial charge on any atom is -0.492 e. The van der Waals surface area contributed by atoms with Gasteiger partial charge in [-0.05, 0) is 56.3 Å². The van der Waals surface area contributed by atoms with Gasteiger partial charge in [-0.3, -0.25) is 19.2 Å². The summed E-state index contributed by atoms with van der Waals surface area (Å²) in [6, 6.07) is 16.3. The molecule has 0 aliphatic rings. The highest BCUT2D eigenvalue weighted by Crippen LogP contribution is 2.33. The number of anilines is 2. The fourth-order valence-electron chi connectivity index (χ4n) is 3.25. The van der Waals surface area contributed by atoms with E-state index in [-0.39, 0.29) is 39.9 Å². The van der Waals surface area contributed by atoms with E-state index >= 15 is 0 Å². The SMILES string of the molecule is CCOc1ccccc1N(CC(=O)Nc1cccc([N+](=O)[O-])c1C)S(=O)(=O)c1ccc(Cl)cc1. The number of nitro groups is 1. The molecule has 9 nitrogen and oxygen atoms in total. The van der Waals surface area contributed by atoms with E-state index in [1.165, 1.54) is 55.5 Å². The molecular formula is C23H22ClN3O6S. The molecule has 0 saturated heterocycles. The van der Waals surface area contributed by atoms with Gasteiger partial charge in [-0.15, -0.1) is 0 Å². The molecule has 3 rings (SSSR count). The van der Waals surface area contributed by atoms with Gasteiger partial charge in [0.05, 0.1) is 33.4 Å². The number of nitrogens with zero attached hydrogens (tertiary/aromatic N) is 2. The van der Waals surface area contributed by atoms with Gasteiger partial charge >= 0.3 is 0 Å². The lowest BCUT2D eigenvalue weighted by molar-refractivity contribution is -0.385. The van der Waals surface area contributed by atoms with Crippen molar-refractivity contribution in [1.29, 1.82) is 0 Å². The Balaban J connectivity index is 2.02. The Labute approximate surface area is 202 Å². The van der Waals surface area contributed by atoms with Crippen LogP contribution in [0.25, 0.3) is 0 Å². The molecule has 0 bridgehead atoms. The summed E-state index contributed by atoms with van der Waals surface area (Å²) in [5.74, 6) is -0.408. The third-order valence-corrected chi connectivity index (χ3v) is 6.92. The zero-order valence-corrected chi connectivity index (χ0v) is 20.0. The molecule has 0 saturated carbocycles. The van der Waals surface area contributed by atoms with E-state index in [0.29, 0.717) is 5.02 Å². The highest BCUT2D eigenvalue weighted by atomic mass is 35.5. The van der Waals surface area contributed by atoms with E-state index in [4.69, 9.17) is 16.3 Å². The lowest BCUT2D eigenvalue weighted by Gasteiger charge is -2.26. The Morgan fingerprint density at radius 2 is 1.76 bits per heavy atom. The molecule has 1 amide bonds. The van der Waals surface area contributed by atoms with Crippen molar-refractivity contribution in [2.75, 3.05) is 22.8 Å². The van der Waals surface area contributed by atoms with Crippen LogP contribution in [-0.2, 0) is 14.8 Å². The number of hydrogen-bond acceptors (Lipinski definition) is 6. The maximum atomic E-state index is 13.6. The number of hydrogen-bond donors (Lipinski definition) is 1. The first-order valence-electron chi connectivity index (χ1n) is 10.2. The van der Waals surface area contributed by atoms with Crippen molar-refractivity contribution in [2.24, 2.45) is 0 Å². The maximum absolute atomic E-state index is 13.6. The molecule has 1 N–H and O–H groups in total. The van der Waals surface area contributed by atoms with Crippen LogP contribution in [-0.4, -0.2) is 32.4 Å². The predicted molar refractivity (Wildman–Crippen MR) is 130 cm³/mol. The lowest BCUT2D eigenvalue weighted by Crippen LogP contribution is -2.38. The molecule has 34 heavy (non-hydrogen) atoms. The molecule has 3 aromatic carbocycles. The van der Waals surface area contributed by atoms with Crippen molar-refractivity contribution in [2.45, 2.75) is 18.7 Å². The quantitative estimate of drug-likeness (QED) is 0.331. The normalized spacial score (nSPS) is 11.0. The van der Waals surface area contributed by atoms with Gasteiger partial charge in [0.25, 0.3) is 15.7 Å². The minimum atomic E-state index is -4.21. The van der Waals surface area contributed by atoms with Crippen molar-refractivity contribution in [3.63, 3.8) is 0 Å². The number of rotatable bonds is 9. The van der Waals surface area contributed by atoms with Crippen LogP contribution in [0.2, 0.25) is 5.02 Å². The number of sulfonamides is 1. The van der Waals surface area contributed by atoms with E-state index in [9.17, 15) is 23.3 Å². The van der Waals surface area contributed by atoms with E-state index in [0.717, 1.165) is 4.31 Å². The fraction of sp³-hybridized carbons (Fsp3) is 0.174. The first-order valence-corrected chi connectivity index (χ1v) is 12.0. The molecule has 0 aliphatic carbocycles. The Morgan fingerprint density at radius 1 is 1.09 bits per heavy atom. The lowest BCUT2D eigenvalue weighted by atomic mass is 10.1. The number of benzene rings is 3. The van der Waals surface area contributed by atoms with E-state index in [1.54, 1.807) is 25.1 Å². The van der Waals surface area contributed by atoms with Crippen LogP contribution in [0.15, 0.2) is 71.6 Å². The Bertz CT molecular complexity index is 1310. The third kappa shape index (κ3) is 5.46.